The number of furan rings is 1. The summed E-state index contributed by atoms with van der Waals surface area (Å²) in [6, 6.07) is 48.0. The van der Waals surface area contributed by atoms with Crippen LogP contribution in [-0.4, -0.2) is 7.85 Å². The van der Waals surface area contributed by atoms with Crippen molar-refractivity contribution in [2.24, 2.45) is 0 Å². The van der Waals surface area contributed by atoms with Gasteiger partial charge in [0.25, 0.3) is 0 Å². The normalized spacial score (nSPS) is 12.3. The molecule has 1 aliphatic rings. The van der Waals surface area contributed by atoms with Crippen LogP contribution in [-0.2, 0) is 6.42 Å². The van der Waals surface area contributed by atoms with Gasteiger partial charge in [-0.15, -0.1) is 0 Å². The average molecular weight is 589 g/mol. The van der Waals surface area contributed by atoms with E-state index in [4.69, 9.17) is 4.42 Å². The van der Waals surface area contributed by atoms with Crippen LogP contribution in [0.4, 0.5) is 0 Å². The quantitative estimate of drug-likeness (QED) is 0.187. The summed E-state index contributed by atoms with van der Waals surface area (Å²) in [4.78, 5) is 0. The predicted octanol–water partition coefficient (Wildman–Crippen LogP) is 10.6. The fourth-order valence-electron chi connectivity index (χ4n) is 7.02. The van der Waals surface area contributed by atoms with Gasteiger partial charge in [0.05, 0.1) is 0 Å². The van der Waals surface area contributed by atoms with Crippen molar-refractivity contribution in [2.45, 2.75) is 13.3 Å². The molecule has 7 aromatic rings. The Morgan fingerprint density at radius 1 is 0.543 bits per heavy atom. The molecule has 0 atom stereocenters. The van der Waals surface area contributed by atoms with Crippen LogP contribution in [0.1, 0.15) is 16.7 Å². The van der Waals surface area contributed by atoms with Gasteiger partial charge in [0.1, 0.15) is 19.0 Å². The first kappa shape index (κ1) is 27.9. The molecule has 8 rings (SSSR count). The first-order valence-electron chi connectivity index (χ1n) is 16.0. The summed E-state index contributed by atoms with van der Waals surface area (Å²) in [6.07, 6.45) is 9.83. The molecule has 0 fully saturated rings. The molecule has 0 unspecified atom stereocenters. The summed E-state index contributed by atoms with van der Waals surface area (Å²) >= 11 is 0. The SMILES string of the molecule is Bc1cccccc(C)c(-c2c3c(c(-c4ccc(-c5cccc6oc7ccccc7c56)cc4)c4ccccc24)CC=CC=C3)cc1. The van der Waals surface area contributed by atoms with Gasteiger partial charge in [-0.25, -0.2) is 0 Å². The molecule has 0 N–H and O–H groups in total. The Labute approximate surface area is 270 Å². The van der Waals surface area contributed by atoms with Crippen molar-refractivity contribution in [3.8, 4) is 33.4 Å². The molecule has 0 spiro atoms. The summed E-state index contributed by atoms with van der Waals surface area (Å²) in [5.41, 5.74) is 14.4. The molecule has 1 aromatic heterocycles. The van der Waals surface area contributed by atoms with Crippen molar-refractivity contribution in [2.75, 3.05) is 0 Å². The highest BCUT2D eigenvalue weighted by Gasteiger charge is 2.21. The topological polar surface area (TPSA) is 13.1 Å². The van der Waals surface area contributed by atoms with Crippen LogP contribution in [0.15, 0.2) is 156 Å². The average Bonchev–Trinajstić information content (AvgIpc) is 3.30. The lowest BCUT2D eigenvalue weighted by Crippen LogP contribution is -2.00. The molecular formula is C44H33BO. The molecule has 1 nitrogen and oxygen atoms in total. The Morgan fingerprint density at radius 2 is 1.24 bits per heavy atom. The Hall–Kier alpha value is -5.60. The van der Waals surface area contributed by atoms with Crippen molar-refractivity contribution >= 4 is 52.1 Å². The van der Waals surface area contributed by atoms with Crippen LogP contribution in [0.3, 0.4) is 0 Å². The molecular weight excluding hydrogens is 555 g/mol. The Bertz CT molecular complexity index is 2400. The Kier molecular flexibility index (Phi) is 7.12. The van der Waals surface area contributed by atoms with Gasteiger partial charge in [-0.3, -0.25) is 0 Å². The second kappa shape index (κ2) is 11.7. The number of allylic oxidation sites excluding steroid dienone is 3. The molecule has 0 saturated heterocycles. The Morgan fingerprint density at radius 3 is 2.09 bits per heavy atom. The highest BCUT2D eigenvalue weighted by molar-refractivity contribution is 6.32. The fraction of sp³-hybridized carbons (Fsp3) is 0.0455. The fourth-order valence-corrected chi connectivity index (χ4v) is 7.02. The summed E-state index contributed by atoms with van der Waals surface area (Å²) in [6.45, 7) is 2.22. The van der Waals surface area contributed by atoms with E-state index in [1.54, 1.807) is 0 Å². The third-order valence-electron chi connectivity index (χ3n) is 9.22. The van der Waals surface area contributed by atoms with Crippen LogP contribution in [0.2, 0.25) is 0 Å². The van der Waals surface area contributed by atoms with Crippen molar-refractivity contribution < 1.29 is 4.42 Å². The monoisotopic (exact) mass is 588 g/mol. The first-order valence-corrected chi connectivity index (χ1v) is 16.0. The van der Waals surface area contributed by atoms with Gasteiger partial charge >= 0.3 is 0 Å². The lowest BCUT2D eigenvalue weighted by atomic mass is 9.81. The lowest BCUT2D eigenvalue weighted by molar-refractivity contribution is 0.669. The van der Waals surface area contributed by atoms with Crippen LogP contribution in [0, 0.1) is 6.92 Å². The number of fused-ring (bicyclic) bond motifs is 5. The molecule has 0 radical (unpaired) electrons. The van der Waals surface area contributed by atoms with E-state index in [1.165, 1.54) is 71.7 Å². The molecule has 1 heterocycles. The summed E-state index contributed by atoms with van der Waals surface area (Å²) in [5.74, 6) is 0. The van der Waals surface area contributed by atoms with E-state index in [-0.39, 0.29) is 0 Å². The van der Waals surface area contributed by atoms with Crippen molar-refractivity contribution in [1.29, 1.82) is 0 Å². The number of para-hydroxylation sites is 1. The van der Waals surface area contributed by atoms with Crippen LogP contribution < -0.4 is 5.46 Å². The second-order valence-corrected chi connectivity index (χ2v) is 12.1. The number of hydrogen-bond donors (Lipinski definition) is 0. The van der Waals surface area contributed by atoms with Crippen LogP contribution in [0.5, 0.6) is 0 Å². The van der Waals surface area contributed by atoms with E-state index in [1.807, 2.05) is 12.1 Å². The lowest BCUT2D eigenvalue weighted by Gasteiger charge is -2.22. The summed E-state index contributed by atoms with van der Waals surface area (Å²) in [7, 11) is 2.16. The smallest absolute Gasteiger partial charge is 0.139 e. The van der Waals surface area contributed by atoms with Crippen molar-refractivity contribution in [3.63, 3.8) is 0 Å². The predicted molar refractivity (Wildman–Crippen MR) is 200 cm³/mol. The first-order chi connectivity index (χ1) is 22.7. The molecule has 1 aliphatic carbocycles. The van der Waals surface area contributed by atoms with E-state index in [2.05, 4.69) is 160 Å². The van der Waals surface area contributed by atoms with Gasteiger partial charge < -0.3 is 4.42 Å². The van der Waals surface area contributed by atoms with Gasteiger partial charge in [-0.2, -0.15) is 0 Å². The highest BCUT2D eigenvalue weighted by Crippen LogP contribution is 2.45. The number of hydrogen-bond acceptors (Lipinski definition) is 1. The highest BCUT2D eigenvalue weighted by atomic mass is 16.3. The minimum Gasteiger partial charge on any atom is -0.456 e. The zero-order valence-corrected chi connectivity index (χ0v) is 26.1. The second-order valence-electron chi connectivity index (χ2n) is 12.1. The minimum atomic E-state index is 0.866. The van der Waals surface area contributed by atoms with Crippen molar-refractivity contribution in [1.82, 2.24) is 0 Å². The maximum Gasteiger partial charge on any atom is 0.139 e. The van der Waals surface area contributed by atoms with Crippen molar-refractivity contribution in [3.05, 3.63) is 168 Å². The molecule has 0 bridgehead atoms. The number of benzene rings is 5. The molecule has 6 aromatic carbocycles. The third-order valence-corrected chi connectivity index (χ3v) is 9.22. The zero-order valence-electron chi connectivity index (χ0n) is 26.1. The van der Waals surface area contributed by atoms with Gasteiger partial charge in [-0.1, -0.05) is 151 Å². The zero-order chi connectivity index (χ0) is 31.0. The van der Waals surface area contributed by atoms with Gasteiger partial charge in [-0.05, 0) is 86.3 Å². The molecule has 2 heteroatoms. The summed E-state index contributed by atoms with van der Waals surface area (Å²) in [5, 5.41) is 4.86. The van der Waals surface area contributed by atoms with E-state index in [9.17, 15) is 0 Å². The third kappa shape index (κ3) is 4.84. The summed E-state index contributed by atoms with van der Waals surface area (Å²) < 4.78 is 6.20. The van der Waals surface area contributed by atoms with E-state index in [0.717, 1.165) is 23.0 Å². The molecule has 0 aliphatic heterocycles. The maximum absolute atomic E-state index is 6.20. The number of aryl methyl sites for hydroxylation is 1. The molecule has 0 amide bonds. The minimum absolute atomic E-state index is 0.866. The van der Waals surface area contributed by atoms with E-state index < -0.39 is 0 Å². The van der Waals surface area contributed by atoms with Crippen LogP contribution in [0.25, 0.3) is 72.2 Å². The molecule has 0 saturated carbocycles. The van der Waals surface area contributed by atoms with Crippen LogP contribution >= 0.6 is 0 Å². The Balaban J connectivity index is 1.37. The van der Waals surface area contributed by atoms with E-state index in [0.29, 0.717) is 0 Å². The van der Waals surface area contributed by atoms with E-state index >= 15 is 0 Å². The van der Waals surface area contributed by atoms with Gasteiger partial charge in [0, 0.05) is 10.8 Å². The molecule has 218 valence electrons. The molecule has 46 heavy (non-hydrogen) atoms. The van der Waals surface area contributed by atoms with Gasteiger partial charge in [0.15, 0.2) is 0 Å². The number of rotatable bonds is 3. The van der Waals surface area contributed by atoms with Gasteiger partial charge in [0.2, 0.25) is 0 Å². The standard InChI is InChI=1S/C44H33BO/c1-29-13-4-2-5-14-32(45)27-28-33(29)43-37-16-7-3-6-15-35(37)42(36-17-8-9-18-38(36)43)31-25-23-30(24-26-31)34-20-12-22-41-44(34)39-19-10-11-21-40(39)46-41/h2-14,16-28H,15,45H2,1H3. The maximum atomic E-state index is 6.20. The largest absolute Gasteiger partial charge is 0.456 e.